The van der Waals surface area contributed by atoms with E-state index in [1.165, 1.54) is 17.8 Å². The van der Waals surface area contributed by atoms with Crippen molar-refractivity contribution >= 4 is 22.8 Å². The first-order chi connectivity index (χ1) is 16.8. The fraction of sp³-hybridized carbons (Fsp3) is 0.375. The highest BCUT2D eigenvalue weighted by Gasteiger charge is 2.32. The fourth-order valence-corrected chi connectivity index (χ4v) is 4.62. The van der Waals surface area contributed by atoms with Gasteiger partial charge in [0, 0.05) is 32.4 Å². The van der Waals surface area contributed by atoms with Crippen molar-refractivity contribution in [1.29, 1.82) is 5.26 Å². The third-order valence-electron chi connectivity index (χ3n) is 6.22. The molecule has 180 valence electrons. The zero-order chi connectivity index (χ0) is 25.3. The van der Waals surface area contributed by atoms with Gasteiger partial charge in [-0.2, -0.15) is 5.26 Å². The SMILES string of the molecule is CC#CCn1c(N2CCC[C@@H](N)C2)c(C(=O)O)c2c1c(=O)n(Cc1ncccc1C#N)c(=O)n2C. The number of carbonyl (C=O) groups is 1. The lowest BCUT2D eigenvalue weighted by Crippen LogP contribution is -2.44. The van der Waals surface area contributed by atoms with Crippen molar-refractivity contribution in [2.45, 2.75) is 38.9 Å². The van der Waals surface area contributed by atoms with Crippen LogP contribution in [0.1, 0.15) is 41.4 Å². The molecule has 4 rings (SSSR count). The lowest BCUT2D eigenvalue weighted by atomic mass is 10.1. The van der Waals surface area contributed by atoms with E-state index in [0.29, 0.717) is 18.9 Å². The quantitative estimate of drug-likeness (QED) is 0.505. The number of anilines is 1. The minimum absolute atomic E-state index is 0.0253. The Balaban J connectivity index is 2.08. The van der Waals surface area contributed by atoms with Crippen molar-refractivity contribution in [3.63, 3.8) is 0 Å². The summed E-state index contributed by atoms with van der Waals surface area (Å²) in [6.45, 7) is 2.45. The average Bonchev–Trinajstić information content (AvgIpc) is 3.20. The smallest absolute Gasteiger partial charge is 0.341 e. The Morgan fingerprint density at radius 3 is 2.74 bits per heavy atom. The summed E-state index contributed by atoms with van der Waals surface area (Å²) in [5.74, 6) is 4.77. The maximum atomic E-state index is 13.8. The van der Waals surface area contributed by atoms with E-state index in [1.807, 2.05) is 11.0 Å². The van der Waals surface area contributed by atoms with Gasteiger partial charge in [-0.05, 0) is 31.9 Å². The van der Waals surface area contributed by atoms with E-state index in [9.17, 15) is 24.8 Å². The maximum Gasteiger partial charge on any atom is 0.341 e. The highest BCUT2D eigenvalue weighted by atomic mass is 16.4. The third-order valence-corrected chi connectivity index (χ3v) is 6.22. The van der Waals surface area contributed by atoms with Crippen molar-refractivity contribution in [3.05, 3.63) is 56.0 Å². The molecule has 1 atom stereocenters. The van der Waals surface area contributed by atoms with Crippen LogP contribution in [0.25, 0.3) is 11.0 Å². The Morgan fingerprint density at radius 1 is 1.31 bits per heavy atom. The number of carboxylic acids is 1. The largest absolute Gasteiger partial charge is 0.477 e. The van der Waals surface area contributed by atoms with Crippen LogP contribution in [0.5, 0.6) is 0 Å². The van der Waals surface area contributed by atoms with Gasteiger partial charge in [-0.1, -0.05) is 5.92 Å². The molecule has 0 saturated carbocycles. The number of aromatic carboxylic acids is 1. The number of carboxylic acid groups (broad SMARTS) is 1. The molecule has 1 fully saturated rings. The minimum atomic E-state index is -1.25. The van der Waals surface area contributed by atoms with E-state index in [2.05, 4.69) is 16.8 Å². The van der Waals surface area contributed by atoms with Crippen molar-refractivity contribution < 1.29 is 9.90 Å². The first-order valence-corrected chi connectivity index (χ1v) is 11.1. The number of aromatic nitrogens is 4. The zero-order valence-corrected chi connectivity index (χ0v) is 19.5. The van der Waals surface area contributed by atoms with Crippen LogP contribution in [0, 0.1) is 23.2 Å². The lowest BCUT2D eigenvalue weighted by molar-refractivity contribution is 0.0699. The van der Waals surface area contributed by atoms with Gasteiger partial charge in [-0.15, -0.1) is 5.92 Å². The van der Waals surface area contributed by atoms with E-state index in [0.717, 1.165) is 17.4 Å². The second-order valence-corrected chi connectivity index (χ2v) is 8.40. The van der Waals surface area contributed by atoms with Crippen LogP contribution in [-0.2, 0) is 20.1 Å². The highest BCUT2D eigenvalue weighted by molar-refractivity contribution is 6.07. The van der Waals surface area contributed by atoms with Crippen LogP contribution in [0.3, 0.4) is 0 Å². The molecule has 11 nitrogen and oxygen atoms in total. The summed E-state index contributed by atoms with van der Waals surface area (Å²) in [5, 5.41) is 19.6. The van der Waals surface area contributed by atoms with Crippen LogP contribution >= 0.6 is 0 Å². The summed E-state index contributed by atoms with van der Waals surface area (Å²) in [4.78, 5) is 45.6. The molecule has 0 amide bonds. The molecule has 0 radical (unpaired) electrons. The molecule has 11 heteroatoms. The molecule has 3 N–H and O–H groups in total. The van der Waals surface area contributed by atoms with Crippen LogP contribution in [0.2, 0.25) is 0 Å². The Bertz CT molecular complexity index is 1540. The molecule has 0 bridgehead atoms. The summed E-state index contributed by atoms with van der Waals surface area (Å²) < 4.78 is 3.70. The summed E-state index contributed by atoms with van der Waals surface area (Å²) in [7, 11) is 1.43. The van der Waals surface area contributed by atoms with E-state index in [1.54, 1.807) is 23.6 Å². The lowest BCUT2D eigenvalue weighted by Gasteiger charge is -2.33. The first-order valence-electron chi connectivity index (χ1n) is 11.1. The number of nitrogens with two attached hydrogens (primary N) is 1. The molecule has 3 aromatic rings. The number of piperidine rings is 1. The van der Waals surface area contributed by atoms with Crippen LogP contribution in [0.4, 0.5) is 5.82 Å². The van der Waals surface area contributed by atoms with Crippen molar-refractivity contribution in [2.75, 3.05) is 18.0 Å². The fourth-order valence-electron chi connectivity index (χ4n) is 4.62. The molecule has 0 aromatic carbocycles. The minimum Gasteiger partial charge on any atom is -0.477 e. The summed E-state index contributed by atoms with van der Waals surface area (Å²) in [5.41, 5.74) is 5.24. The molecular formula is C24H25N7O4. The van der Waals surface area contributed by atoms with Gasteiger partial charge in [-0.3, -0.25) is 18.9 Å². The van der Waals surface area contributed by atoms with Crippen LogP contribution in [0.15, 0.2) is 27.9 Å². The van der Waals surface area contributed by atoms with E-state index < -0.39 is 17.2 Å². The molecule has 0 unspecified atom stereocenters. The molecule has 0 aliphatic carbocycles. The second kappa shape index (κ2) is 9.49. The Hall–Kier alpha value is -4.35. The normalized spacial score (nSPS) is 15.5. The number of hydrogen-bond acceptors (Lipinski definition) is 7. The molecule has 35 heavy (non-hydrogen) atoms. The maximum absolute atomic E-state index is 13.8. The number of nitrogens with zero attached hydrogens (tertiary/aromatic N) is 6. The predicted molar refractivity (Wildman–Crippen MR) is 129 cm³/mol. The Labute approximate surface area is 200 Å². The summed E-state index contributed by atoms with van der Waals surface area (Å²) in [6.07, 6.45) is 3.05. The molecule has 1 aliphatic rings. The number of aryl methyl sites for hydroxylation is 1. The summed E-state index contributed by atoms with van der Waals surface area (Å²) in [6, 6.07) is 5.01. The van der Waals surface area contributed by atoms with Gasteiger partial charge < -0.3 is 20.3 Å². The van der Waals surface area contributed by atoms with Gasteiger partial charge in [0.1, 0.15) is 23.0 Å². The molecule has 4 heterocycles. The predicted octanol–water partition coefficient (Wildman–Crippen LogP) is 0.466. The van der Waals surface area contributed by atoms with E-state index in [4.69, 9.17) is 5.73 Å². The number of pyridine rings is 1. The van der Waals surface area contributed by atoms with E-state index >= 15 is 0 Å². The van der Waals surface area contributed by atoms with E-state index in [-0.39, 0.29) is 47.0 Å². The molecular weight excluding hydrogens is 450 g/mol. The zero-order valence-electron chi connectivity index (χ0n) is 19.5. The van der Waals surface area contributed by atoms with Crippen LogP contribution in [-0.4, -0.2) is 48.9 Å². The summed E-state index contributed by atoms with van der Waals surface area (Å²) >= 11 is 0. The topological polar surface area (TPSA) is 152 Å². The number of fused-ring (bicyclic) bond motifs is 1. The van der Waals surface area contributed by atoms with Gasteiger partial charge >= 0.3 is 11.7 Å². The van der Waals surface area contributed by atoms with Gasteiger partial charge in [-0.25, -0.2) is 9.59 Å². The van der Waals surface area contributed by atoms with Crippen molar-refractivity contribution in [2.24, 2.45) is 12.8 Å². The first kappa shape index (κ1) is 23.8. The van der Waals surface area contributed by atoms with Crippen LogP contribution < -0.4 is 21.9 Å². The monoisotopic (exact) mass is 475 g/mol. The molecule has 0 spiro atoms. The molecule has 1 saturated heterocycles. The highest BCUT2D eigenvalue weighted by Crippen LogP contribution is 2.32. The molecule has 1 aliphatic heterocycles. The van der Waals surface area contributed by atoms with Gasteiger partial charge in [0.2, 0.25) is 0 Å². The third kappa shape index (κ3) is 4.07. The molecule has 3 aromatic heterocycles. The van der Waals surface area contributed by atoms with Gasteiger partial charge in [0.25, 0.3) is 5.56 Å². The Morgan fingerprint density at radius 2 is 2.09 bits per heavy atom. The van der Waals surface area contributed by atoms with Crippen molar-refractivity contribution in [1.82, 2.24) is 18.7 Å². The van der Waals surface area contributed by atoms with Crippen molar-refractivity contribution in [3.8, 4) is 17.9 Å². The standard InChI is InChI=1S/C24H25N7O4/c1-3-4-11-30-20-19(18(23(33)34)21(30)29-10-6-8-16(26)13-29)28(2)24(35)31(22(20)32)14-17-15(12-25)7-5-9-27-17/h5,7,9,16H,6,8,10-11,13-14,26H2,1-2H3,(H,33,34)/t16-/m1/s1. The van der Waals surface area contributed by atoms with Gasteiger partial charge in [0.05, 0.1) is 29.9 Å². The number of hydrogen-bond donors (Lipinski definition) is 2. The Kier molecular flexibility index (Phi) is 6.45. The average molecular weight is 476 g/mol. The second-order valence-electron chi connectivity index (χ2n) is 8.40. The number of rotatable bonds is 5. The number of nitriles is 1. The van der Waals surface area contributed by atoms with Gasteiger partial charge in [0.15, 0.2) is 0 Å².